The predicted molar refractivity (Wildman–Crippen MR) is 82.5 cm³/mol. The molecular formula is C16H19FN4. The van der Waals surface area contributed by atoms with E-state index in [2.05, 4.69) is 20.2 Å². The van der Waals surface area contributed by atoms with Gasteiger partial charge in [0.2, 0.25) is 5.95 Å². The maximum absolute atomic E-state index is 12.9. The summed E-state index contributed by atoms with van der Waals surface area (Å²) < 4.78 is 12.9. The van der Waals surface area contributed by atoms with E-state index in [9.17, 15) is 4.39 Å². The van der Waals surface area contributed by atoms with Gasteiger partial charge in [-0.1, -0.05) is 0 Å². The Morgan fingerprint density at radius 1 is 1.05 bits per heavy atom. The maximum atomic E-state index is 12.9. The van der Waals surface area contributed by atoms with E-state index in [0.717, 1.165) is 30.3 Å². The number of halogens is 1. The van der Waals surface area contributed by atoms with Crippen molar-refractivity contribution in [1.29, 1.82) is 0 Å². The number of benzene rings is 1. The summed E-state index contributed by atoms with van der Waals surface area (Å²) in [6.07, 6.45) is 3.72. The summed E-state index contributed by atoms with van der Waals surface area (Å²) in [5.41, 5.74) is 1.71. The van der Waals surface area contributed by atoms with Crippen molar-refractivity contribution in [3.05, 3.63) is 41.8 Å². The molecule has 1 aromatic heterocycles. The Kier molecular flexibility index (Phi) is 3.99. The Morgan fingerprint density at radius 2 is 1.76 bits per heavy atom. The van der Waals surface area contributed by atoms with Crippen molar-refractivity contribution in [3.8, 4) is 0 Å². The van der Waals surface area contributed by atoms with Crippen LogP contribution in [-0.4, -0.2) is 23.1 Å². The zero-order valence-electron chi connectivity index (χ0n) is 12.1. The zero-order chi connectivity index (χ0) is 14.7. The van der Waals surface area contributed by atoms with Crippen molar-refractivity contribution >= 4 is 17.5 Å². The smallest absolute Gasteiger partial charge is 0.229 e. The van der Waals surface area contributed by atoms with Gasteiger partial charge in [0.25, 0.3) is 0 Å². The van der Waals surface area contributed by atoms with Crippen LogP contribution in [0.4, 0.5) is 21.8 Å². The van der Waals surface area contributed by atoms with Crippen LogP contribution >= 0.6 is 0 Å². The SMILES string of the molecule is Cc1cc(N2CCCCC2)nc(Nc2ccc(F)cc2)n1. The van der Waals surface area contributed by atoms with Crippen molar-refractivity contribution in [1.82, 2.24) is 9.97 Å². The number of aryl methyl sites for hydroxylation is 1. The van der Waals surface area contributed by atoms with Crippen LogP contribution in [0.3, 0.4) is 0 Å². The van der Waals surface area contributed by atoms with Gasteiger partial charge >= 0.3 is 0 Å². The summed E-state index contributed by atoms with van der Waals surface area (Å²) in [4.78, 5) is 11.3. The van der Waals surface area contributed by atoms with Gasteiger partial charge < -0.3 is 10.2 Å². The minimum atomic E-state index is -0.250. The van der Waals surface area contributed by atoms with Gasteiger partial charge in [0, 0.05) is 30.5 Å². The van der Waals surface area contributed by atoms with Crippen molar-refractivity contribution in [3.63, 3.8) is 0 Å². The Hall–Kier alpha value is -2.17. The van der Waals surface area contributed by atoms with E-state index in [1.54, 1.807) is 12.1 Å². The number of anilines is 3. The van der Waals surface area contributed by atoms with Crippen LogP contribution in [0, 0.1) is 12.7 Å². The van der Waals surface area contributed by atoms with Crippen LogP contribution in [-0.2, 0) is 0 Å². The minimum Gasteiger partial charge on any atom is -0.356 e. The van der Waals surface area contributed by atoms with Crippen molar-refractivity contribution in [2.75, 3.05) is 23.3 Å². The van der Waals surface area contributed by atoms with Gasteiger partial charge in [0.15, 0.2) is 0 Å². The normalized spacial score (nSPS) is 15.0. The lowest BCUT2D eigenvalue weighted by Crippen LogP contribution is -2.30. The number of hydrogen-bond donors (Lipinski definition) is 1. The summed E-state index contributed by atoms with van der Waals surface area (Å²) in [5.74, 6) is 1.27. The average molecular weight is 286 g/mol. The third-order valence-corrected chi connectivity index (χ3v) is 3.62. The molecule has 3 rings (SSSR count). The molecule has 0 spiro atoms. The Labute approximate surface area is 124 Å². The number of rotatable bonds is 3. The van der Waals surface area contributed by atoms with E-state index >= 15 is 0 Å². The molecule has 1 aliphatic rings. The van der Waals surface area contributed by atoms with Crippen LogP contribution < -0.4 is 10.2 Å². The molecule has 1 aromatic carbocycles. The molecule has 0 amide bonds. The van der Waals surface area contributed by atoms with Gasteiger partial charge in [-0.15, -0.1) is 0 Å². The van der Waals surface area contributed by atoms with Crippen LogP contribution in [0.1, 0.15) is 25.0 Å². The molecule has 0 bridgehead atoms. The molecule has 2 heterocycles. The van der Waals surface area contributed by atoms with Crippen LogP contribution in [0.15, 0.2) is 30.3 Å². The highest BCUT2D eigenvalue weighted by atomic mass is 19.1. The summed E-state index contributed by atoms with van der Waals surface area (Å²) in [6.45, 7) is 4.06. The second-order valence-corrected chi connectivity index (χ2v) is 5.37. The van der Waals surface area contributed by atoms with Crippen molar-refractivity contribution in [2.24, 2.45) is 0 Å². The summed E-state index contributed by atoms with van der Waals surface area (Å²) in [7, 11) is 0. The van der Waals surface area contributed by atoms with E-state index in [-0.39, 0.29) is 5.82 Å². The quantitative estimate of drug-likeness (QED) is 0.935. The second-order valence-electron chi connectivity index (χ2n) is 5.37. The van der Waals surface area contributed by atoms with Crippen LogP contribution in [0.25, 0.3) is 0 Å². The maximum Gasteiger partial charge on any atom is 0.229 e. The fourth-order valence-electron chi connectivity index (χ4n) is 2.56. The Morgan fingerprint density at radius 3 is 2.48 bits per heavy atom. The minimum absolute atomic E-state index is 0.250. The monoisotopic (exact) mass is 286 g/mol. The lowest BCUT2D eigenvalue weighted by atomic mass is 10.1. The molecule has 5 heteroatoms. The Bertz CT molecular complexity index is 606. The topological polar surface area (TPSA) is 41.1 Å². The molecule has 0 unspecified atom stereocenters. The van der Waals surface area contributed by atoms with Gasteiger partial charge in [-0.25, -0.2) is 9.37 Å². The second kappa shape index (κ2) is 6.08. The molecule has 1 saturated heterocycles. The molecule has 0 radical (unpaired) electrons. The molecule has 2 aromatic rings. The van der Waals surface area contributed by atoms with E-state index in [1.807, 2.05) is 13.0 Å². The first-order valence-electron chi connectivity index (χ1n) is 7.34. The summed E-state index contributed by atoms with van der Waals surface area (Å²) >= 11 is 0. The number of nitrogens with one attached hydrogen (secondary N) is 1. The van der Waals surface area contributed by atoms with Gasteiger partial charge in [-0.3, -0.25) is 0 Å². The molecule has 0 aliphatic carbocycles. The first kappa shape index (κ1) is 13.8. The highest BCUT2D eigenvalue weighted by molar-refractivity contribution is 5.55. The molecule has 21 heavy (non-hydrogen) atoms. The lowest BCUT2D eigenvalue weighted by Gasteiger charge is -2.28. The average Bonchev–Trinajstić information content (AvgIpc) is 2.50. The first-order chi connectivity index (χ1) is 10.2. The molecule has 4 nitrogen and oxygen atoms in total. The van der Waals surface area contributed by atoms with Crippen LogP contribution in [0.5, 0.6) is 0 Å². The Balaban J connectivity index is 1.81. The molecule has 1 N–H and O–H groups in total. The van der Waals surface area contributed by atoms with Crippen molar-refractivity contribution in [2.45, 2.75) is 26.2 Å². The fourth-order valence-corrected chi connectivity index (χ4v) is 2.56. The predicted octanol–water partition coefficient (Wildman–Crippen LogP) is 3.66. The first-order valence-corrected chi connectivity index (χ1v) is 7.34. The molecular weight excluding hydrogens is 267 g/mol. The molecule has 0 atom stereocenters. The van der Waals surface area contributed by atoms with Gasteiger partial charge in [-0.05, 0) is 50.5 Å². The zero-order valence-corrected chi connectivity index (χ0v) is 12.1. The van der Waals surface area contributed by atoms with E-state index in [0.29, 0.717) is 5.95 Å². The third-order valence-electron chi connectivity index (χ3n) is 3.62. The van der Waals surface area contributed by atoms with Gasteiger partial charge in [-0.2, -0.15) is 4.98 Å². The molecule has 0 saturated carbocycles. The summed E-state index contributed by atoms with van der Waals surface area (Å²) in [5, 5.41) is 3.14. The molecule has 1 aliphatic heterocycles. The summed E-state index contributed by atoms with van der Waals surface area (Å²) in [6, 6.07) is 8.22. The number of piperidine rings is 1. The third kappa shape index (κ3) is 3.48. The van der Waals surface area contributed by atoms with Crippen molar-refractivity contribution < 1.29 is 4.39 Å². The van der Waals surface area contributed by atoms with E-state index in [1.165, 1.54) is 31.4 Å². The fraction of sp³-hybridized carbons (Fsp3) is 0.375. The molecule has 110 valence electrons. The number of aromatic nitrogens is 2. The number of hydrogen-bond acceptors (Lipinski definition) is 4. The highest BCUT2D eigenvalue weighted by Crippen LogP contribution is 2.21. The lowest BCUT2D eigenvalue weighted by molar-refractivity contribution is 0.573. The van der Waals surface area contributed by atoms with E-state index in [4.69, 9.17) is 0 Å². The van der Waals surface area contributed by atoms with Gasteiger partial charge in [0.05, 0.1) is 0 Å². The van der Waals surface area contributed by atoms with Gasteiger partial charge in [0.1, 0.15) is 11.6 Å². The highest BCUT2D eigenvalue weighted by Gasteiger charge is 2.13. The largest absolute Gasteiger partial charge is 0.356 e. The molecule has 1 fully saturated rings. The van der Waals surface area contributed by atoms with E-state index < -0.39 is 0 Å². The van der Waals surface area contributed by atoms with Crippen LogP contribution in [0.2, 0.25) is 0 Å². The standard InChI is InChI=1S/C16H19FN4/c1-12-11-15(21-9-3-2-4-10-21)20-16(18-12)19-14-7-5-13(17)6-8-14/h5-8,11H,2-4,9-10H2,1H3,(H,18,19,20). The number of nitrogens with zero attached hydrogens (tertiary/aromatic N) is 3.